The zero-order chi connectivity index (χ0) is 18.2. The van der Waals surface area contributed by atoms with Crippen molar-refractivity contribution in [2.75, 3.05) is 18.4 Å². The first-order valence-electron chi connectivity index (χ1n) is 9.52. The highest BCUT2D eigenvalue weighted by molar-refractivity contribution is 5.80. The molecule has 0 heterocycles. The van der Waals surface area contributed by atoms with Crippen LogP contribution in [0.25, 0.3) is 0 Å². The average Bonchev–Trinajstić information content (AvgIpc) is 3.15. The Hall–Kier alpha value is -2.49. The number of nitrogens with one attached hydrogen (secondary N) is 2. The van der Waals surface area contributed by atoms with Crippen LogP contribution in [0.15, 0.2) is 48.5 Å². The molecule has 0 bridgehead atoms. The number of carbonyl (C=O) groups excluding carboxylic acids is 1. The summed E-state index contributed by atoms with van der Waals surface area (Å²) in [6.07, 6.45) is 5.98. The second-order valence-electron chi connectivity index (χ2n) is 6.93. The van der Waals surface area contributed by atoms with Crippen LogP contribution in [0.1, 0.15) is 36.8 Å². The van der Waals surface area contributed by atoms with Gasteiger partial charge in [0.25, 0.3) is 0 Å². The van der Waals surface area contributed by atoms with E-state index in [0.717, 1.165) is 30.7 Å². The fraction of sp³-hybridized carbons (Fsp3) is 0.409. The largest absolute Gasteiger partial charge is 0.490 e. The lowest BCUT2D eigenvalue weighted by Gasteiger charge is -2.14. The van der Waals surface area contributed by atoms with Crippen molar-refractivity contribution in [2.24, 2.45) is 0 Å². The molecule has 2 N–H and O–H groups in total. The molecule has 4 nitrogen and oxygen atoms in total. The Morgan fingerprint density at radius 2 is 1.92 bits per heavy atom. The van der Waals surface area contributed by atoms with Crippen molar-refractivity contribution in [3.63, 3.8) is 0 Å². The van der Waals surface area contributed by atoms with E-state index in [-0.39, 0.29) is 12.5 Å². The molecule has 2 aromatic carbocycles. The fourth-order valence-electron chi connectivity index (χ4n) is 3.35. The Labute approximate surface area is 156 Å². The van der Waals surface area contributed by atoms with Crippen molar-refractivity contribution in [1.82, 2.24) is 5.32 Å². The van der Waals surface area contributed by atoms with Crippen LogP contribution in [0, 0.1) is 6.92 Å². The van der Waals surface area contributed by atoms with Gasteiger partial charge in [-0.05, 0) is 62.3 Å². The zero-order valence-electron chi connectivity index (χ0n) is 15.5. The zero-order valence-corrected chi connectivity index (χ0v) is 15.5. The first-order chi connectivity index (χ1) is 12.7. The summed E-state index contributed by atoms with van der Waals surface area (Å²) in [5.41, 5.74) is 3.45. The number of carbonyl (C=O) groups is 1. The predicted octanol–water partition coefficient (Wildman–Crippen LogP) is 4.09. The maximum Gasteiger partial charge on any atom is 0.239 e. The molecule has 1 aliphatic carbocycles. The van der Waals surface area contributed by atoms with Crippen LogP contribution in [-0.2, 0) is 11.2 Å². The van der Waals surface area contributed by atoms with Gasteiger partial charge in [0.1, 0.15) is 5.75 Å². The smallest absolute Gasteiger partial charge is 0.239 e. The van der Waals surface area contributed by atoms with Gasteiger partial charge in [-0.1, -0.05) is 30.3 Å². The van der Waals surface area contributed by atoms with Gasteiger partial charge < -0.3 is 15.4 Å². The molecule has 0 unspecified atom stereocenters. The van der Waals surface area contributed by atoms with Crippen molar-refractivity contribution < 1.29 is 9.53 Å². The van der Waals surface area contributed by atoms with Gasteiger partial charge in [-0.25, -0.2) is 0 Å². The van der Waals surface area contributed by atoms with Gasteiger partial charge in [0.15, 0.2) is 0 Å². The molecule has 0 atom stereocenters. The molecule has 4 heteroatoms. The molecule has 3 rings (SSSR count). The van der Waals surface area contributed by atoms with E-state index >= 15 is 0 Å². The second kappa shape index (κ2) is 9.27. The molecule has 0 saturated heterocycles. The third-order valence-electron chi connectivity index (χ3n) is 4.87. The van der Waals surface area contributed by atoms with E-state index in [0.29, 0.717) is 12.6 Å². The molecular formula is C22H28N2O2. The van der Waals surface area contributed by atoms with Gasteiger partial charge in [0, 0.05) is 18.3 Å². The lowest BCUT2D eigenvalue weighted by molar-refractivity contribution is -0.119. The van der Waals surface area contributed by atoms with Crippen molar-refractivity contribution in [3.8, 4) is 5.75 Å². The third-order valence-corrected chi connectivity index (χ3v) is 4.87. The number of aryl methyl sites for hydroxylation is 1. The van der Waals surface area contributed by atoms with Gasteiger partial charge >= 0.3 is 0 Å². The van der Waals surface area contributed by atoms with Crippen LogP contribution in [0.2, 0.25) is 0 Å². The summed E-state index contributed by atoms with van der Waals surface area (Å²) in [6.45, 7) is 3.01. The summed E-state index contributed by atoms with van der Waals surface area (Å²) < 4.78 is 6.01. The number of rotatable bonds is 8. The highest BCUT2D eigenvalue weighted by Gasteiger charge is 2.16. The van der Waals surface area contributed by atoms with Gasteiger partial charge in [-0.3, -0.25) is 4.79 Å². The fourth-order valence-corrected chi connectivity index (χ4v) is 3.35. The average molecular weight is 352 g/mol. The van der Waals surface area contributed by atoms with Gasteiger partial charge in [0.05, 0.1) is 12.6 Å². The Balaban J connectivity index is 1.40. The highest BCUT2D eigenvalue weighted by Crippen LogP contribution is 2.25. The van der Waals surface area contributed by atoms with Crippen LogP contribution < -0.4 is 15.4 Å². The molecule has 2 aromatic rings. The Morgan fingerprint density at radius 3 is 2.73 bits per heavy atom. The molecule has 0 aromatic heterocycles. The molecule has 0 aliphatic heterocycles. The van der Waals surface area contributed by atoms with Gasteiger partial charge in [0.2, 0.25) is 5.91 Å². The normalized spacial score (nSPS) is 14.2. The predicted molar refractivity (Wildman–Crippen MR) is 106 cm³/mol. The highest BCUT2D eigenvalue weighted by atomic mass is 16.5. The number of hydrogen-bond donors (Lipinski definition) is 2. The lowest BCUT2D eigenvalue weighted by Crippen LogP contribution is -2.31. The number of benzene rings is 2. The minimum atomic E-state index is 0.000647. The van der Waals surface area contributed by atoms with E-state index in [1.165, 1.54) is 24.0 Å². The summed E-state index contributed by atoms with van der Waals surface area (Å²) in [5.74, 6) is 0.877. The van der Waals surface area contributed by atoms with Crippen LogP contribution in [0.5, 0.6) is 5.75 Å². The van der Waals surface area contributed by atoms with E-state index in [1.54, 1.807) is 0 Å². The van der Waals surface area contributed by atoms with Crippen molar-refractivity contribution in [2.45, 2.75) is 45.1 Å². The monoisotopic (exact) mass is 352 g/mol. The second-order valence-corrected chi connectivity index (χ2v) is 6.93. The maximum atomic E-state index is 12.1. The molecule has 26 heavy (non-hydrogen) atoms. The third kappa shape index (κ3) is 5.51. The summed E-state index contributed by atoms with van der Waals surface area (Å²) in [4.78, 5) is 12.1. The van der Waals surface area contributed by atoms with Crippen LogP contribution in [0.4, 0.5) is 5.69 Å². The van der Waals surface area contributed by atoms with Crippen LogP contribution >= 0.6 is 0 Å². The molecule has 138 valence electrons. The molecule has 1 fully saturated rings. The quantitative estimate of drug-likeness (QED) is 0.752. The summed E-state index contributed by atoms with van der Waals surface area (Å²) in [7, 11) is 0. The van der Waals surface area contributed by atoms with Crippen LogP contribution in [-0.4, -0.2) is 25.1 Å². The van der Waals surface area contributed by atoms with E-state index in [9.17, 15) is 4.79 Å². The molecular weight excluding hydrogens is 324 g/mol. The Bertz CT molecular complexity index is 724. The number of hydrogen-bond acceptors (Lipinski definition) is 3. The minimum absolute atomic E-state index is 0.000647. The number of anilines is 1. The SMILES string of the molecule is Cc1ccccc1CCNC(=O)CNc1cccc(OC2CCCC2)c1. The molecule has 0 radical (unpaired) electrons. The Kier molecular flexibility index (Phi) is 6.53. The maximum absolute atomic E-state index is 12.1. The van der Waals surface area contributed by atoms with Crippen molar-refractivity contribution in [3.05, 3.63) is 59.7 Å². The Morgan fingerprint density at radius 1 is 1.12 bits per heavy atom. The first-order valence-corrected chi connectivity index (χ1v) is 9.52. The summed E-state index contributed by atoms with van der Waals surface area (Å²) >= 11 is 0. The number of ether oxygens (including phenoxy) is 1. The molecule has 0 spiro atoms. The van der Waals surface area contributed by atoms with E-state index < -0.39 is 0 Å². The van der Waals surface area contributed by atoms with Gasteiger partial charge in [-0.15, -0.1) is 0 Å². The topological polar surface area (TPSA) is 50.4 Å². The summed E-state index contributed by atoms with van der Waals surface area (Å²) in [5, 5.41) is 6.15. The van der Waals surface area contributed by atoms with Gasteiger partial charge in [-0.2, -0.15) is 0 Å². The minimum Gasteiger partial charge on any atom is -0.490 e. The summed E-state index contributed by atoms with van der Waals surface area (Å²) in [6, 6.07) is 16.1. The van der Waals surface area contributed by atoms with Crippen molar-refractivity contribution >= 4 is 11.6 Å². The van der Waals surface area contributed by atoms with Crippen molar-refractivity contribution in [1.29, 1.82) is 0 Å². The first kappa shape index (κ1) is 18.3. The van der Waals surface area contributed by atoms with E-state index in [2.05, 4.69) is 29.7 Å². The van der Waals surface area contributed by atoms with E-state index in [4.69, 9.17) is 4.74 Å². The number of amides is 1. The van der Waals surface area contributed by atoms with Crippen LogP contribution in [0.3, 0.4) is 0 Å². The van der Waals surface area contributed by atoms with E-state index in [1.807, 2.05) is 36.4 Å². The lowest BCUT2D eigenvalue weighted by atomic mass is 10.1. The standard InChI is InChI=1S/C22H28N2O2/c1-17-7-2-3-8-18(17)13-14-23-22(25)16-24-19-9-6-12-21(15-19)26-20-10-4-5-11-20/h2-3,6-9,12,15,20,24H,4-5,10-11,13-14,16H2,1H3,(H,23,25). The molecule has 1 amide bonds. The molecule has 1 saturated carbocycles. The molecule has 1 aliphatic rings.